The van der Waals surface area contributed by atoms with E-state index in [-0.39, 0.29) is 5.91 Å². The van der Waals surface area contributed by atoms with Gasteiger partial charge in [0.1, 0.15) is 0 Å². The van der Waals surface area contributed by atoms with Crippen LogP contribution < -0.4 is 5.73 Å². The zero-order valence-corrected chi connectivity index (χ0v) is 11.3. The van der Waals surface area contributed by atoms with Gasteiger partial charge in [0, 0.05) is 26.1 Å². The van der Waals surface area contributed by atoms with E-state index in [9.17, 15) is 9.90 Å². The molecule has 0 aliphatic heterocycles. The van der Waals surface area contributed by atoms with Crippen LogP contribution in [0.5, 0.6) is 0 Å². The quantitative estimate of drug-likeness (QED) is 0.776. The monoisotopic (exact) mass is 242 g/mol. The Kier molecular flexibility index (Phi) is 4.95. The van der Waals surface area contributed by atoms with Crippen LogP contribution in [0.2, 0.25) is 0 Å². The Morgan fingerprint density at radius 1 is 1.35 bits per heavy atom. The van der Waals surface area contributed by atoms with Gasteiger partial charge in [0.25, 0.3) is 0 Å². The van der Waals surface area contributed by atoms with E-state index >= 15 is 0 Å². The summed E-state index contributed by atoms with van der Waals surface area (Å²) in [5.41, 5.74) is 5.02. The summed E-state index contributed by atoms with van der Waals surface area (Å²) in [7, 11) is 1.76. The minimum atomic E-state index is -0.820. The molecule has 0 aromatic carbocycles. The minimum absolute atomic E-state index is 0.132. The van der Waals surface area contributed by atoms with Gasteiger partial charge in [-0.05, 0) is 45.4 Å². The smallest absolute Gasteiger partial charge is 0.222 e. The van der Waals surface area contributed by atoms with Gasteiger partial charge < -0.3 is 15.7 Å². The molecule has 0 aromatic rings. The molecule has 0 aromatic heterocycles. The van der Waals surface area contributed by atoms with Crippen molar-refractivity contribution in [2.24, 2.45) is 11.7 Å². The molecular formula is C13H26N2O2. The van der Waals surface area contributed by atoms with Crippen LogP contribution in [-0.2, 0) is 4.79 Å². The number of nitrogens with zero attached hydrogens (tertiary/aromatic N) is 1. The van der Waals surface area contributed by atoms with E-state index in [1.807, 2.05) is 0 Å². The Balaban J connectivity index is 2.33. The summed E-state index contributed by atoms with van der Waals surface area (Å²) in [6.07, 6.45) is 4.78. The highest BCUT2D eigenvalue weighted by Crippen LogP contribution is 2.26. The van der Waals surface area contributed by atoms with Gasteiger partial charge in [0.05, 0.1) is 5.60 Å². The number of hydrogen-bond acceptors (Lipinski definition) is 3. The van der Waals surface area contributed by atoms with Crippen LogP contribution in [0.15, 0.2) is 0 Å². The fourth-order valence-corrected chi connectivity index (χ4v) is 2.46. The molecule has 0 heterocycles. The Labute approximate surface area is 104 Å². The molecule has 0 unspecified atom stereocenters. The standard InChI is InChI=1S/C13H26N2O2/c1-13(2,17)9-15(3)12(16)8-10-4-6-11(14)7-5-10/h10-11,17H,4-9,14H2,1-3H3. The predicted molar refractivity (Wildman–Crippen MR) is 68.5 cm³/mol. The summed E-state index contributed by atoms with van der Waals surface area (Å²) >= 11 is 0. The van der Waals surface area contributed by atoms with Gasteiger partial charge in [-0.1, -0.05) is 0 Å². The molecule has 3 N–H and O–H groups in total. The van der Waals surface area contributed by atoms with Crippen molar-refractivity contribution in [3.63, 3.8) is 0 Å². The first-order valence-corrected chi connectivity index (χ1v) is 6.50. The zero-order valence-electron chi connectivity index (χ0n) is 11.3. The second kappa shape index (κ2) is 5.83. The third kappa shape index (κ3) is 5.50. The number of amides is 1. The lowest BCUT2D eigenvalue weighted by Crippen LogP contribution is -2.40. The van der Waals surface area contributed by atoms with E-state index in [2.05, 4.69) is 0 Å². The average Bonchev–Trinajstić information content (AvgIpc) is 2.19. The van der Waals surface area contributed by atoms with Crippen LogP contribution in [-0.4, -0.2) is 41.1 Å². The molecule has 1 saturated carbocycles. The van der Waals surface area contributed by atoms with Gasteiger partial charge in [-0.25, -0.2) is 0 Å². The lowest BCUT2D eigenvalue weighted by Gasteiger charge is -2.29. The molecule has 1 aliphatic rings. The van der Waals surface area contributed by atoms with Crippen LogP contribution in [0.25, 0.3) is 0 Å². The maximum Gasteiger partial charge on any atom is 0.222 e. The van der Waals surface area contributed by atoms with E-state index in [0.29, 0.717) is 24.9 Å². The van der Waals surface area contributed by atoms with Gasteiger partial charge in [0.15, 0.2) is 0 Å². The van der Waals surface area contributed by atoms with E-state index in [1.54, 1.807) is 25.8 Å². The molecular weight excluding hydrogens is 216 g/mol. The van der Waals surface area contributed by atoms with Crippen molar-refractivity contribution in [3.8, 4) is 0 Å². The highest BCUT2D eigenvalue weighted by atomic mass is 16.3. The topological polar surface area (TPSA) is 66.6 Å². The second-order valence-corrected chi connectivity index (χ2v) is 6.05. The minimum Gasteiger partial charge on any atom is -0.389 e. The van der Waals surface area contributed by atoms with Gasteiger partial charge in [-0.2, -0.15) is 0 Å². The summed E-state index contributed by atoms with van der Waals surface area (Å²) < 4.78 is 0. The third-order valence-electron chi connectivity index (χ3n) is 3.40. The fraction of sp³-hybridized carbons (Fsp3) is 0.923. The summed E-state index contributed by atoms with van der Waals surface area (Å²) in [6.45, 7) is 3.82. The van der Waals surface area contributed by atoms with E-state index in [4.69, 9.17) is 5.73 Å². The number of carbonyl (C=O) groups is 1. The normalized spacial score (nSPS) is 25.7. The van der Waals surface area contributed by atoms with E-state index in [1.165, 1.54) is 0 Å². The van der Waals surface area contributed by atoms with Gasteiger partial charge >= 0.3 is 0 Å². The summed E-state index contributed by atoms with van der Waals surface area (Å²) in [4.78, 5) is 13.6. The van der Waals surface area contributed by atoms with E-state index in [0.717, 1.165) is 25.7 Å². The number of nitrogens with two attached hydrogens (primary N) is 1. The molecule has 1 amide bonds. The first kappa shape index (κ1) is 14.5. The second-order valence-electron chi connectivity index (χ2n) is 6.05. The maximum absolute atomic E-state index is 12.0. The Morgan fingerprint density at radius 3 is 2.35 bits per heavy atom. The summed E-state index contributed by atoms with van der Waals surface area (Å²) in [6, 6.07) is 0.329. The number of carbonyl (C=O) groups excluding carboxylic acids is 1. The van der Waals surface area contributed by atoms with Crippen molar-refractivity contribution in [2.75, 3.05) is 13.6 Å². The Bertz CT molecular complexity index is 253. The molecule has 0 bridgehead atoms. The molecule has 17 heavy (non-hydrogen) atoms. The maximum atomic E-state index is 12.0. The fourth-order valence-electron chi connectivity index (χ4n) is 2.46. The molecule has 1 fully saturated rings. The lowest BCUT2D eigenvalue weighted by atomic mass is 9.84. The van der Waals surface area contributed by atoms with Crippen LogP contribution in [0.1, 0.15) is 46.0 Å². The molecule has 1 rings (SSSR count). The molecule has 0 radical (unpaired) electrons. The first-order chi connectivity index (χ1) is 7.78. The van der Waals surface area contributed by atoms with Crippen molar-refractivity contribution >= 4 is 5.91 Å². The number of rotatable bonds is 4. The molecule has 4 heteroatoms. The van der Waals surface area contributed by atoms with E-state index < -0.39 is 5.60 Å². The summed E-state index contributed by atoms with van der Waals surface area (Å²) in [5, 5.41) is 9.67. The van der Waals surface area contributed by atoms with Crippen molar-refractivity contribution in [1.29, 1.82) is 0 Å². The Hall–Kier alpha value is -0.610. The molecule has 4 nitrogen and oxygen atoms in total. The molecule has 100 valence electrons. The number of aliphatic hydroxyl groups is 1. The van der Waals surface area contributed by atoms with Gasteiger partial charge in [0.2, 0.25) is 5.91 Å². The molecule has 1 aliphatic carbocycles. The van der Waals surface area contributed by atoms with Crippen LogP contribution in [0.3, 0.4) is 0 Å². The van der Waals surface area contributed by atoms with Crippen molar-refractivity contribution in [2.45, 2.75) is 57.6 Å². The Morgan fingerprint density at radius 2 is 1.88 bits per heavy atom. The predicted octanol–water partition coefficient (Wildman–Crippen LogP) is 1.12. The highest BCUT2D eigenvalue weighted by molar-refractivity contribution is 5.76. The zero-order chi connectivity index (χ0) is 13.1. The highest BCUT2D eigenvalue weighted by Gasteiger charge is 2.24. The van der Waals surface area contributed by atoms with Gasteiger partial charge in [-0.3, -0.25) is 4.79 Å². The first-order valence-electron chi connectivity index (χ1n) is 6.50. The summed E-state index contributed by atoms with van der Waals surface area (Å²) in [5.74, 6) is 0.610. The van der Waals surface area contributed by atoms with Crippen LogP contribution in [0.4, 0.5) is 0 Å². The largest absolute Gasteiger partial charge is 0.389 e. The van der Waals surface area contributed by atoms with Crippen molar-refractivity contribution < 1.29 is 9.90 Å². The lowest BCUT2D eigenvalue weighted by molar-refractivity contribution is -0.133. The van der Waals surface area contributed by atoms with Crippen molar-refractivity contribution in [3.05, 3.63) is 0 Å². The van der Waals surface area contributed by atoms with Gasteiger partial charge in [-0.15, -0.1) is 0 Å². The van der Waals surface area contributed by atoms with Crippen LogP contribution in [0, 0.1) is 5.92 Å². The van der Waals surface area contributed by atoms with Crippen LogP contribution >= 0.6 is 0 Å². The molecule has 0 spiro atoms. The number of hydrogen-bond donors (Lipinski definition) is 2. The molecule has 0 atom stereocenters. The molecule has 0 saturated heterocycles. The van der Waals surface area contributed by atoms with Crippen molar-refractivity contribution in [1.82, 2.24) is 4.90 Å². The average molecular weight is 242 g/mol. The SMILES string of the molecule is CN(CC(C)(C)O)C(=O)CC1CCC(N)CC1. The third-order valence-corrected chi connectivity index (χ3v) is 3.40. The number of likely N-dealkylation sites (N-methyl/N-ethyl adjacent to an activating group) is 1.